The summed E-state index contributed by atoms with van der Waals surface area (Å²) >= 11 is 5.80. The largest absolute Gasteiger partial charge is 0.477 e. The Morgan fingerprint density at radius 1 is 1.43 bits per heavy atom. The Morgan fingerprint density at radius 2 is 2.14 bits per heavy atom. The fourth-order valence-electron chi connectivity index (χ4n) is 1.52. The third kappa shape index (κ3) is 2.98. The Bertz CT molecular complexity index is 742. The van der Waals surface area contributed by atoms with Gasteiger partial charge in [-0.1, -0.05) is 17.7 Å². The molecule has 1 amide bonds. The lowest BCUT2D eigenvalue weighted by molar-refractivity contribution is -0.384. The highest BCUT2D eigenvalue weighted by Gasteiger charge is 2.20. The van der Waals surface area contributed by atoms with Crippen molar-refractivity contribution in [3.05, 3.63) is 50.7 Å². The van der Waals surface area contributed by atoms with Crippen LogP contribution in [0, 0.1) is 10.1 Å². The second-order valence-corrected chi connectivity index (χ2v) is 4.20. The van der Waals surface area contributed by atoms with Crippen molar-refractivity contribution in [2.45, 2.75) is 0 Å². The maximum atomic E-state index is 12.0. The summed E-state index contributed by atoms with van der Waals surface area (Å²) in [5, 5.41) is 27.2. The number of nitro benzene ring substituents is 1. The first-order valence-electron chi connectivity index (χ1n) is 5.43. The summed E-state index contributed by atoms with van der Waals surface area (Å²) in [6.07, 6.45) is 0. The van der Waals surface area contributed by atoms with E-state index in [1.54, 1.807) is 0 Å². The number of nitrogens with zero attached hydrogens (tertiary/aromatic N) is 2. The van der Waals surface area contributed by atoms with Gasteiger partial charge in [-0.2, -0.15) is 5.10 Å². The molecule has 0 aliphatic carbocycles. The number of aromatic amines is 1. The zero-order valence-electron chi connectivity index (χ0n) is 10.2. The molecular formula is C11H7ClN4O5. The van der Waals surface area contributed by atoms with Crippen LogP contribution in [0.3, 0.4) is 0 Å². The predicted octanol–water partition coefficient (Wildman–Crippen LogP) is 1.92. The average Bonchev–Trinajstić information content (AvgIpc) is 2.87. The second-order valence-electron chi connectivity index (χ2n) is 3.82. The highest BCUT2D eigenvalue weighted by molar-refractivity contribution is 6.36. The molecule has 9 nitrogen and oxygen atoms in total. The summed E-state index contributed by atoms with van der Waals surface area (Å²) in [5.41, 5.74) is -0.737. The lowest BCUT2D eigenvalue weighted by Crippen LogP contribution is -2.13. The Balaban J connectivity index is 2.26. The van der Waals surface area contributed by atoms with Gasteiger partial charge in [-0.3, -0.25) is 20.0 Å². The van der Waals surface area contributed by atoms with Crippen LogP contribution in [0.15, 0.2) is 24.3 Å². The average molecular weight is 311 g/mol. The first-order valence-corrected chi connectivity index (χ1v) is 5.81. The minimum atomic E-state index is -1.24. The first-order chi connectivity index (χ1) is 9.90. The smallest absolute Gasteiger partial charge is 0.353 e. The molecule has 0 spiro atoms. The van der Waals surface area contributed by atoms with E-state index in [1.165, 1.54) is 12.1 Å². The number of aromatic nitrogens is 2. The molecule has 0 saturated carbocycles. The first kappa shape index (κ1) is 14.5. The second kappa shape index (κ2) is 5.59. The van der Waals surface area contributed by atoms with Gasteiger partial charge < -0.3 is 10.4 Å². The number of H-pyrrole nitrogens is 1. The molecule has 0 atom stereocenters. The number of anilines is 1. The van der Waals surface area contributed by atoms with E-state index in [0.717, 1.165) is 12.1 Å². The van der Waals surface area contributed by atoms with Gasteiger partial charge in [0.25, 0.3) is 11.6 Å². The van der Waals surface area contributed by atoms with Gasteiger partial charge >= 0.3 is 5.97 Å². The zero-order chi connectivity index (χ0) is 15.6. The number of carboxylic acid groups (broad SMARTS) is 1. The van der Waals surface area contributed by atoms with Crippen molar-refractivity contribution in [2.75, 3.05) is 5.32 Å². The van der Waals surface area contributed by atoms with Gasteiger partial charge in [0.15, 0.2) is 5.82 Å². The normalized spacial score (nSPS) is 10.1. The van der Waals surface area contributed by atoms with Crippen LogP contribution in [0.2, 0.25) is 5.02 Å². The van der Waals surface area contributed by atoms with E-state index < -0.39 is 22.5 Å². The van der Waals surface area contributed by atoms with E-state index >= 15 is 0 Å². The van der Waals surface area contributed by atoms with Gasteiger partial charge in [0.2, 0.25) is 0 Å². The Morgan fingerprint density at radius 3 is 2.71 bits per heavy atom. The summed E-state index contributed by atoms with van der Waals surface area (Å²) in [5.74, 6) is -2.02. The molecule has 2 rings (SSSR count). The van der Waals surface area contributed by atoms with E-state index in [1.807, 2.05) is 0 Å². The maximum Gasteiger partial charge on any atom is 0.353 e. The third-order valence-corrected chi connectivity index (χ3v) is 2.87. The zero-order valence-corrected chi connectivity index (χ0v) is 10.9. The van der Waals surface area contributed by atoms with Gasteiger partial charge in [0.05, 0.1) is 10.5 Å². The molecule has 10 heteroatoms. The molecule has 1 aromatic carbocycles. The number of carbonyl (C=O) groups is 2. The summed E-state index contributed by atoms with van der Waals surface area (Å²) < 4.78 is 0. The Hall–Kier alpha value is -2.94. The quantitative estimate of drug-likeness (QED) is 0.582. The highest BCUT2D eigenvalue weighted by atomic mass is 35.5. The molecule has 0 radical (unpaired) electrons. The molecule has 2 aromatic rings. The molecule has 1 aromatic heterocycles. The maximum absolute atomic E-state index is 12.0. The molecule has 0 saturated heterocycles. The molecule has 108 valence electrons. The Labute approximate surface area is 121 Å². The summed E-state index contributed by atoms with van der Waals surface area (Å²) in [6.45, 7) is 0. The number of hydrogen-bond donors (Lipinski definition) is 3. The van der Waals surface area contributed by atoms with E-state index in [9.17, 15) is 19.7 Å². The SMILES string of the molecule is O=C(O)c1cc(NC(=O)c2cccc([N+](=O)[O-])c2Cl)n[nH]1. The molecule has 21 heavy (non-hydrogen) atoms. The van der Waals surface area contributed by atoms with Crippen LogP contribution in [0.1, 0.15) is 20.8 Å². The topological polar surface area (TPSA) is 138 Å². The van der Waals surface area contributed by atoms with Crippen LogP contribution in [-0.4, -0.2) is 32.1 Å². The van der Waals surface area contributed by atoms with Crippen molar-refractivity contribution in [3.63, 3.8) is 0 Å². The van der Waals surface area contributed by atoms with Crippen molar-refractivity contribution >= 4 is 35.0 Å². The van der Waals surface area contributed by atoms with E-state index in [0.29, 0.717) is 0 Å². The molecule has 1 heterocycles. The molecular weight excluding hydrogens is 304 g/mol. The third-order valence-electron chi connectivity index (χ3n) is 2.47. The standard InChI is InChI=1S/C11H7ClN4O5/c12-9-5(2-1-3-7(9)16(20)21)10(17)13-8-4-6(11(18)19)14-15-8/h1-4H,(H,18,19)(H2,13,14,15,17). The fraction of sp³-hybridized carbons (Fsp3) is 0. The summed E-state index contributed by atoms with van der Waals surface area (Å²) in [4.78, 5) is 32.7. The van der Waals surface area contributed by atoms with E-state index in [2.05, 4.69) is 15.5 Å². The number of rotatable bonds is 4. The molecule has 0 fully saturated rings. The lowest BCUT2D eigenvalue weighted by atomic mass is 10.2. The minimum Gasteiger partial charge on any atom is -0.477 e. The number of amides is 1. The van der Waals surface area contributed by atoms with Gasteiger partial charge in [0.1, 0.15) is 10.7 Å². The lowest BCUT2D eigenvalue weighted by Gasteiger charge is -2.04. The number of nitro groups is 1. The van der Waals surface area contributed by atoms with Crippen LogP contribution in [0.4, 0.5) is 11.5 Å². The van der Waals surface area contributed by atoms with Crippen LogP contribution in [0.25, 0.3) is 0 Å². The molecule has 0 bridgehead atoms. The van der Waals surface area contributed by atoms with Crippen LogP contribution in [-0.2, 0) is 0 Å². The Kier molecular flexibility index (Phi) is 3.85. The van der Waals surface area contributed by atoms with Gasteiger partial charge in [0, 0.05) is 12.1 Å². The van der Waals surface area contributed by atoms with Gasteiger partial charge in [-0.25, -0.2) is 4.79 Å². The van der Waals surface area contributed by atoms with Crippen LogP contribution in [0.5, 0.6) is 0 Å². The number of carbonyl (C=O) groups excluding carboxylic acids is 1. The molecule has 3 N–H and O–H groups in total. The fourth-order valence-corrected chi connectivity index (χ4v) is 1.80. The van der Waals surface area contributed by atoms with Gasteiger partial charge in [-0.05, 0) is 6.07 Å². The highest BCUT2D eigenvalue weighted by Crippen LogP contribution is 2.28. The van der Waals surface area contributed by atoms with E-state index in [4.69, 9.17) is 16.7 Å². The summed E-state index contributed by atoms with van der Waals surface area (Å²) in [6, 6.07) is 4.88. The van der Waals surface area contributed by atoms with Crippen molar-refractivity contribution in [1.29, 1.82) is 0 Å². The number of benzene rings is 1. The van der Waals surface area contributed by atoms with Crippen LogP contribution < -0.4 is 5.32 Å². The molecule has 0 aliphatic heterocycles. The minimum absolute atomic E-state index is 0.0417. The number of hydrogen-bond acceptors (Lipinski definition) is 5. The van der Waals surface area contributed by atoms with Gasteiger partial charge in [-0.15, -0.1) is 0 Å². The number of aromatic carboxylic acids is 1. The van der Waals surface area contributed by atoms with Crippen LogP contribution >= 0.6 is 11.6 Å². The number of nitrogens with one attached hydrogen (secondary N) is 2. The molecule has 0 aliphatic rings. The van der Waals surface area contributed by atoms with Crippen molar-refractivity contribution < 1.29 is 19.6 Å². The van der Waals surface area contributed by atoms with Crippen molar-refractivity contribution in [3.8, 4) is 0 Å². The van der Waals surface area contributed by atoms with Crippen molar-refractivity contribution in [1.82, 2.24) is 10.2 Å². The number of carboxylic acids is 1. The number of halogens is 1. The summed E-state index contributed by atoms with van der Waals surface area (Å²) in [7, 11) is 0. The predicted molar refractivity (Wildman–Crippen MR) is 71.6 cm³/mol. The van der Waals surface area contributed by atoms with Crippen molar-refractivity contribution in [2.24, 2.45) is 0 Å². The monoisotopic (exact) mass is 310 g/mol. The van der Waals surface area contributed by atoms with E-state index in [-0.39, 0.29) is 22.1 Å². The molecule has 0 unspecified atom stereocenters.